The Bertz CT molecular complexity index is 480. The Labute approximate surface area is 115 Å². The first-order chi connectivity index (χ1) is 9.03. The van der Waals surface area contributed by atoms with Crippen LogP contribution in [0.3, 0.4) is 0 Å². The number of thioether (sulfide) groups is 1. The number of rotatable bonds is 4. The van der Waals surface area contributed by atoms with E-state index in [0.717, 1.165) is 18.6 Å². The lowest BCUT2D eigenvalue weighted by molar-refractivity contribution is -0.141. The molecule has 0 spiro atoms. The van der Waals surface area contributed by atoms with Crippen LogP contribution in [0.2, 0.25) is 0 Å². The Morgan fingerprint density at radius 1 is 1.63 bits per heavy atom. The highest BCUT2D eigenvalue weighted by Crippen LogP contribution is 2.38. The van der Waals surface area contributed by atoms with Gasteiger partial charge in [-0.3, -0.25) is 14.3 Å². The summed E-state index contributed by atoms with van der Waals surface area (Å²) in [7, 11) is 1.33. The van der Waals surface area contributed by atoms with E-state index in [4.69, 9.17) is 0 Å². The largest absolute Gasteiger partial charge is 0.468 e. The number of esters is 1. The molecule has 1 saturated heterocycles. The van der Waals surface area contributed by atoms with Gasteiger partial charge in [0.1, 0.15) is 6.54 Å². The van der Waals surface area contributed by atoms with Crippen molar-refractivity contribution in [2.45, 2.75) is 31.1 Å². The second-order valence-corrected chi connectivity index (χ2v) is 6.24. The Hall–Kier alpha value is -1.50. The molecule has 1 aliphatic heterocycles. The van der Waals surface area contributed by atoms with E-state index in [1.165, 1.54) is 18.0 Å². The Morgan fingerprint density at radius 2 is 2.42 bits per heavy atom. The van der Waals surface area contributed by atoms with Crippen molar-refractivity contribution in [1.82, 2.24) is 9.78 Å². The van der Waals surface area contributed by atoms with Crippen molar-refractivity contribution in [3.63, 3.8) is 0 Å². The average molecular weight is 283 g/mol. The molecule has 0 saturated carbocycles. The lowest BCUT2D eigenvalue weighted by Crippen LogP contribution is -2.34. The van der Waals surface area contributed by atoms with E-state index >= 15 is 0 Å². The van der Waals surface area contributed by atoms with E-state index in [2.05, 4.69) is 15.2 Å². The minimum Gasteiger partial charge on any atom is -0.468 e. The van der Waals surface area contributed by atoms with Gasteiger partial charge in [0, 0.05) is 6.20 Å². The van der Waals surface area contributed by atoms with Gasteiger partial charge in [0.05, 0.1) is 23.7 Å². The molecule has 1 atom stereocenters. The molecule has 1 aromatic heterocycles. The Morgan fingerprint density at radius 3 is 3.05 bits per heavy atom. The van der Waals surface area contributed by atoms with E-state index in [9.17, 15) is 9.59 Å². The van der Waals surface area contributed by atoms with Crippen LogP contribution in [0.4, 0.5) is 5.69 Å². The molecule has 1 aromatic rings. The molecule has 2 heterocycles. The van der Waals surface area contributed by atoms with Crippen LogP contribution in [0.25, 0.3) is 0 Å². The van der Waals surface area contributed by atoms with E-state index in [-0.39, 0.29) is 23.2 Å². The number of hydrogen-bond acceptors (Lipinski definition) is 5. The third-order valence-electron chi connectivity index (χ3n) is 3.11. The normalized spacial score (nSPS) is 22.2. The molecular weight excluding hydrogens is 266 g/mol. The number of anilines is 1. The maximum atomic E-state index is 12.2. The Balaban J connectivity index is 1.96. The monoisotopic (exact) mass is 283 g/mol. The number of nitrogens with one attached hydrogen (secondary N) is 1. The summed E-state index contributed by atoms with van der Waals surface area (Å²) in [6, 6.07) is 0. The highest BCUT2D eigenvalue weighted by atomic mass is 32.2. The summed E-state index contributed by atoms with van der Waals surface area (Å²) in [5.74, 6) is 0.637. The molecule has 0 aromatic carbocycles. The van der Waals surface area contributed by atoms with Crippen molar-refractivity contribution >= 4 is 29.3 Å². The first kappa shape index (κ1) is 13.9. The van der Waals surface area contributed by atoms with Crippen molar-refractivity contribution in [3.8, 4) is 0 Å². The number of amides is 1. The molecule has 1 N–H and O–H groups in total. The number of nitrogens with zero attached hydrogens (tertiary/aromatic N) is 2. The van der Waals surface area contributed by atoms with E-state index in [1.807, 2.05) is 6.92 Å². The summed E-state index contributed by atoms with van der Waals surface area (Å²) in [6.45, 7) is 2.00. The molecule has 0 radical (unpaired) electrons. The molecule has 2 rings (SSSR count). The number of methoxy groups -OCH3 is 1. The average Bonchev–Trinajstić information content (AvgIpc) is 2.99. The van der Waals surface area contributed by atoms with Gasteiger partial charge in [0.2, 0.25) is 5.91 Å². The Kier molecular flexibility index (Phi) is 4.14. The number of hydrogen-bond donors (Lipinski definition) is 1. The van der Waals surface area contributed by atoms with E-state index in [1.54, 1.807) is 18.0 Å². The van der Waals surface area contributed by atoms with Crippen LogP contribution in [0, 0.1) is 0 Å². The highest BCUT2D eigenvalue weighted by molar-refractivity contribution is 8.01. The van der Waals surface area contributed by atoms with Crippen molar-refractivity contribution in [2.24, 2.45) is 0 Å². The predicted octanol–water partition coefficient (Wildman–Crippen LogP) is 1.28. The highest BCUT2D eigenvalue weighted by Gasteiger charge is 2.37. The molecule has 1 amide bonds. The van der Waals surface area contributed by atoms with Gasteiger partial charge in [-0.05, 0) is 25.5 Å². The second kappa shape index (κ2) is 5.64. The molecule has 0 aliphatic carbocycles. The zero-order chi connectivity index (χ0) is 13.9. The summed E-state index contributed by atoms with van der Waals surface area (Å²) in [6.07, 6.45) is 5.11. The van der Waals surface area contributed by atoms with Crippen LogP contribution in [-0.4, -0.2) is 39.3 Å². The summed E-state index contributed by atoms with van der Waals surface area (Å²) in [5.41, 5.74) is 0.600. The lowest BCUT2D eigenvalue weighted by atomic mass is 10.1. The van der Waals surface area contributed by atoms with Crippen LogP contribution < -0.4 is 5.32 Å². The first-order valence-electron chi connectivity index (χ1n) is 6.08. The summed E-state index contributed by atoms with van der Waals surface area (Å²) < 4.78 is 5.63. The van der Waals surface area contributed by atoms with Gasteiger partial charge in [-0.15, -0.1) is 11.8 Å². The fraction of sp³-hybridized carbons (Fsp3) is 0.583. The molecule has 1 unspecified atom stereocenters. The SMILES string of the molecule is COC(=O)Cn1cc(NC(=O)C2(C)CCCS2)cn1. The third-order valence-corrected chi connectivity index (χ3v) is 4.63. The smallest absolute Gasteiger partial charge is 0.327 e. The lowest BCUT2D eigenvalue weighted by Gasteiger charge is -2.20. The number of carbonyl (C=O) groups is 2. The molecule has 7 heteroatoms. The summed E-state index contributed by atoms with van der Waals surface area (Å²) >= 11 is 1.68. The van der Waals surface area contributed by atoms with Crippen LogP contribution in [0.5, 0.6) is 0 Å². The zero-order valence-corrected chi connectivity index (χ0v) is 11.8. The minimum atomic E-state index is -0.376. The summed E-state index contributed by atoms with van der Waals surface area (Å²) in [4.78, 5) is 23.3. The molecule has 6 nitrogen and oxygen atoms in total. The van der Waals surface area contributed by atoms with E-state index in [0.29, 0.717) is 5.69 Å². The fourth-order valence-electron chi connectivity index (χ4n) is 1.93. The number of carbonyl (C=O) groups excluding carboxylic acids is 2. The molecular formula is C12H17N3O3S. The molecule has 19 heavy (non-hydrogen) atoms. The van der Waals surface area contributed by atoms with Crippen molar-refractivity contribution in [3.05, 3.63) is 12.4 Å². The zero-order valence-electron chi connectivity index (χ0n) is 11.0. The van der Waals surface area contributed by atoms with Gasteiger partial charge >= 0.3 is 5.97 Å². The van der Waals surface area contributed by atoms with Crippen LogP contribution in [-0.2, 0) is 20.9 Å². The van der Waals surface area contributed by atoms with Gasteiger partial charge in [-0.2, -0.15) is 5.10 Å². The molecule has 1 aliphatic rings. The van der Waals surface area contributed by atoms with Crippen molar-refractivity contribution < 1.29 is 14.3 Å². The van der Waals surface area contributed by atoms with Gasteiger partial charge in [-0.25, -0.2) is 0 Å². The number of ether oxygens (including phenoxy) is 1. The fourth-order valence-corrected chi connectivity index (χ4v) is 3.14. The van der Waals surface area contributed by atoms with Gasteiger partial charge in [0.15, 0.2) is 0 Å². The first-order valence-corrected chi connectivity index (χ1v) is 7.07. The predicted molar refractivity (Wildman–Crippen MR) is 73.0 cm³/mol. The quantitative estimate of drug-likeness (QED) is 0.843. The molecule has 1 fully saturated rings. The topological polar surface area (TPSA) is 73.2 Å². The van der Waals surface area contributed by atoms with Gasteiger partial charge < -0.3 is 10.1 Å². The van der Waals surface area contributed by atoms with Crippen molar-refractivity contribution in [1.29, 1.82) is 0 Å². The van der Waals surface area contributed by atoms with Crippen LogP contribution >= 0.6 is 11.8 Å². The van der Waals surface area contributed by atoms with E-state index < -0.39 is 0 Å². The van der Waals surface area contributed by atoms with Crippen LogP contribution in [0.1, 0.15) is 19.8 Å². The number of aromatic nitrogens is 2. The second-order valence-electron chi connectivity index (χ2n) is 4.64. The minimum absolute atomic E-state index is 0.00684. The van der Waals surface area contributed by atoms with Gasteiger partial charge in [-0.1, -0.05) is 0 Å². The molecule has 0 bridgehead atoms. The third kappa shape index (κ3) is 3.28. The van der Waals surface area contributed by atoms with Crippen molar-refractivity contribution in [2.75, 3.05) is 18.2 Å². The maximum absolute atomic E-state index is 12.2. The van der Waals surface area contributed by atoms with Crippen LogP contribution in [0.15, 0.2) is 12.4 Å². The maximum Gasteiger partial charge on any atom is 0.327 e. The van der Waals surface area contributed by atoms with Gasteiger partial charge in [0.25, 0.3) is 0 Å². The summed E-state index contributed by atoms with van der Waals surface area (Å²) in [5, 5.41) is 6.84. The standard InChI is InChI=1S/C12H17N3O3S/c1-12(4-3-5-19-12)11(17)14-9-6-13-15(7-9)8-10(16)18-2/h6-7H,3-5,8H2,1-2H3,(H,14,17). The molecule has 104 valence electrons.